The number of rotatable bonds is 5. The number of carbonyl (C=O) groups excluding carboxylic acids is 1. The topological polar surface area (TPSA) is 124 Å². The first-order chi connectivity index (χ1) is 9.60. The van der Waals surface area contributed by atoms with Gasteiger partial charge in [-0.15, -0.1) is 0 Å². The number of benzene rings is 1. The lowest BCUT2D eigenvalue weighted by atomic mass is 10.2. The van der Waals surface area contributed by atoms with Crippen molar-refractivity contribution < 1.29 is 28.2 Å². The molecular formula is C12H16N2O6S. The number of hydrogen-bond donors (Lipinski definition) is 3. The molecule has 1 aromatic rings. The Kier molecular flexibility index (Phi) is 5.14. The van der Waals surface area contributed by atoms with Crippen LogP contribution in [0.25, 0.3) is 0 Å². The van der Waals surface area contributed by atoms with Crippen LogP contribution in [0.15, 0.2) is 18.2 Å². The van der Waals surface area contributed by atoms with E-state index < -0.39 is 27.6 Å². The number of aromatic hydroxyl groups is 1. The van der Waals surface area contributed by atoms with Crippen LogP contribution in [0.2, 0.25) is 0 Å². The zero-order valence-corrected chi connectivity index (χ0v) is 12.3. The Hall–Kier alpha value is -2.29. The molecule has 0 aliphatic carbocycles. The van der Waals surface area contributed by atoms with Crippen molar-refractivity contribution in [3.63, 3.8) is 0 Å². The summed E-state index contributed by atoms with van der Waals surface area (Å²) in [6.07, 6.45) is 1.07. The maximum atomic E-state index is 11.8. The zero-order valence-electron chi connectivity index (χ0n) is 11.5. The van der Waals surface area contributed by atoms with E-state index in [0.717, 1.165) is 18.4 Å². The lowest BCUT2D eigenvalue weighted by molar-refractivity contribution is 0.0693. The maximum Gasteiger partial charge on any atom is 0.339 e. The van der Waals surface area contributed by atoms with E-state index in [2.05, 4.69) is 5.32 Å². The Balaban J connectivity index is 2.70. The molecule has 0 saturated carbocycles. The van der Waals surface area contributed by atoms with E-state index in [9.17, 15) is 23.1 Å². The number of carboxylic acids is 1. The summed E-state index contributed by atoms with van der Waals surface area (Å²) >= 11 is 0. The molecule has 21 heavy (non-hydrogen) atoms. The molecule has 2 amide bonds. The van der Waals surface area contributed by atoms with Gasteiger partial charge in [-0.05, 0) is 12.1 Å². The van der Waals surface area contributed by atoms with E-state index in [-0.39, 0.29) is 23.5 Å². The highest BCUT2D eigenvalue weighted by Crippen LogP contribution is 2.22. The summed E-state index contributed by atoms with van der Waals surface area (Å²) in [5, 5.41) is 20.7. The van der Waals surface area contributed by atoms with E-state index in [1.54, 1.807) is 0 Å². The number of urea groups is 1. The molecule has 1 rings (SSSR count). The molecule has 0 saturated heterocycles. The van der Waals surface area contributed by atoms with Gasteiger partial charge in [0.05, 0.1) is 5.75 Å². The van der Waals surface area contributed by atoms with E-state index >= 15 is 0 Å². The second kappa shape index (κ2) is 6.44. The standard InChI is InChI=1S/C12H16N2O6S/c1-14(5-6-21(2,19)20)12(18)13-8-3-4-9(11(16)17)10(15)7-8/h3-4,7,15H,5-6H2,1-2H3,(H,13,18)(H,16,17). The van der Waals surface area contributed by atoms with E-state index in [4.69, 9.17) is 5.11 Å². The number of hydrogen-bond acceptors (Lipinski definition) is 5. The van der Waals surface area contributed by atoms with Crippen LogP contribution in [0, 0.1) is 0 Å². The maximum absolute atomic E-state index is 11.8. The Morgan fingerprint density at radius 2 is 1.95 bits per heavy atom. The van der Waals surface area contributed by atoms with Gasteiger partial charge in [0.1, 0.15) is 21.2 Å². The lowest BCUT2D eigenvalue weighted by Gasteiger charge is -2.17. The summed E-state index contributed by atoms with van der Waals surface area (Å²) in [7, 11) is -1.75. The van der Waals surface area contributed by atoms with Crippen LogP contribution in [0.5, 0.6) is 5.75 Å². The minimum absolute atomic E-state index is 0.0177. The summed E-state index contributed by atoms with van der Waals surface area (Å²) in [6, 6.07) is 3.02. The number of amides is 2. The fourth-order valence-electron chi connectivity index (χ4n) is 1.41. The van der Waals surface area contributed by atoms with Crippen molar-refractivity contribution in [2.24, 2.45) is 0 Å². The van der Waals surface area contributed by atoms with Crippen LogP contribution in [0.4, 0.5) is 10.5 Å². The monoisotopic (exact) mass is 316 g/mol. The van der Waals surface area contributed by atoms with Gasteiger partial charge in [-0.2, -0.15) is 0 Å². The van der Waals surface area contributed by atoms with Crippen molar-refractivity contribution in [1.29, 1.82) is 0 Å². The first-order valence-electron chi connectivity index (χ1n) is 5.86. The number of carboxylic acid groups (broad SMARTS) is 1. The molecule has 0 aliphatic heterocycles. The molecule has 3 N–H and O–H groups in total. The van der Waals surface area contributed by atoms with Crippen molar-refractivity contribution in [3.8, 4) is 5.75 Å². The third-order valence-corrected chi connectivity index (χ3v) is 3.55. The number of phenols is 1. The average molecular weight is 316 g/mol. The molecule has 0 radical (unpaired) electrons. The lowest BCUT2D eigenvalue weighted by Crippen LogP contribution is -2.34. The normalized spacial score (nSPS) is 11.0. The van der Waals surface area contributed by atoms with Crippen LogP contribution in [-0.4, -0.2) is 61.1 Å². The molecule has 1 aromatic carbocycles. The number of aromatic carboxylic acids is 1. The predicted octanol–water partition coefficient (Wildman–Crippen LogP) is 0.599. The number of nitrogens with one attached hydrogen (secondary N) is 1. The summed E-state index contributed by atoms with van der Waals surface area (Å²) < 4.78 is 22.0. The highest BCUT2D eigenvalue weighted by atomic mass is 32.2. The SMILES string of the molecule is CN(CCS(C)(=O)=O)C(=O)Nc1ccc(C(=O)O)c(O)c1. The summed E-state index contributed by atoms with van der Waals surface area (Å²) in [5.74, 6) is -1.92. The van der Waals surface area contributed by atoms with Crippen molar-refractivity contribution in [3.05, 3.63) is 23.8 Å². The van der Waals surface area contributed by atoms with Crippen LogP contribution in [-0.2, 0) is 9.84 Å². The summed E-state index contributed by atoms with van der Waals surface area (Å²) in [6.45, 7) is 0.0177. The van der Waals surface area contributed by atoms with Crippen LogP contribution in [0.1, 0.15) is 10.4 Å². The molecular weight excluding hydrogens is 300 g/mol. The van der Waals surface area contributed by atoms with Gasteiger partial charge in [0.25, 0.3) is 0 Å². The Labute approximate surface area is 121 Å². The van der Waals surface area contributed by atoms with Crippen molar-refractivity contribution in [2.75, 3.05) is 30.9 Å². The van der Waals surface area contributed by atoms with Gasteiger partial charge in [-0.3, -0.25) is 0 Å². The molecule has 0 spiro atoms. The fraction of sp³-hybridized carbons (Fsp3) is 0.333. The molecule has 0 aliphatic rings. The molecule has 0 bridgehead atoms. The highest BCUT2D eigenvalue weighted by Gasteiger charge is 2.14. The molecule has 9 heteroatoms. The smallest absolute Gasteiger partial charge is 0.339 e. The molecule has 0 aromatic heterocycles. The van der Waals surface area contributed by atoms with Gasteiger partial charge in [-0.25, -0.2) is 18.0 Å². The third kappa shape index (κ3) is 5.30. The predicted molar refractivity (Wildman–Crippen MR) is 76.4 cm³/mol. The summed E-state index contributed by atoms with van der Waals surface area (Å²) in [5.41, 5.74) is -0.0767. The van der Waals surface area contributed by atoms with Crippen molar-refractivity contribution in [2.45, 2.75) is 0 Å². The van der Waals surface area contributed by atoms with Crippen molar-refractivity contribution in [1.82, 2.24) is 4.90 Å². The van der Waals surface area contributed by atoms with Crippen LogP contribution >= 0.6 is 0 Å². The number of anilines is 1. The first kappa shape index (κ1) is 16.8. The van der Waals surface area contributed by atoms with Gasteiger partial charge in [-0.1, -0.05) is 0 Å². The molecule has 8 nitrogen and oxygen atoms in total. The largest absolute Gasteiger partial charge is 0.507 e. The molecule has 0 fully saturated rings. The molecule has 0 heterocycles. The van der Waals surface area contributed by atoms with E-state index in [0.29, 0.717) is 0 Å². The highest BCUT2D eigenvalue weighted by molar-refractivity contribution is 7.90. The van der Waals surface area contributed by atoms with Gasteiger partial charge < -0.3 is 20.4 Å². The Bertz CT molecular complexity index is 656. The van der Waals surface area contributed by atoms with Crippen LogP contribution in [0.3, 0.4) is 0 Å². The Morgan fingerprint density at radius 1 is 1.33 bits per heavy atom. The van der Waals surface area contributed by atoms with E-state index in [1.807, 2.05) is 0 Å². The summed E-state index contributed by atoms with van der Waals surface area (Å²) in [4.78, 5) is 23.7. The number of sulfone groups is 1. The molecule has 116 valence electrons. The Morgan fingerprint density at radius 3 is 2.43 bits per heavy atom. The number of nitrogens with zero attached hydrogens (tertiary/aromatic N) is 1. The van der Waals surface area contributed by atoms with Crippen molar-refractivity contribution >= 4 is 27.5 Å². The molecule has 0 unspecified atom stereocenters. The fourth-order valence-corrected chi connectivity index (χ4v) is 2.02. The van der Waals surface area contributed by atoms with Gasteiger partial charge in [0, 0.05) is 31.6 Å². The van der Waals surface area contributed by atoms with Gasteiger partial charge >= 0.3 is 12.0 Å². The minimum Gasteiger partial charge on any atom is -0.507 e. The second-order valence-corrected chi connectivity index (χ2v) is 6.78. The van der Waals surface area contributed by atoms with E-state index in [1.165, 1.54) is 18.0 Å². The quantitative estimate of drug-likeness (QED) is 0.730. The zero-order chi connectivity index (χ0) is 16.2. The average Bonchev–Trinajstić information content (AvgIpc) is 2.34. The van der Waals surface area contributed by atoms with Crippen LogP contribution < -0.4 is 5.32 Å². The number of carbonyl (C=O) groups is 2. The molecule has 0 atom stereocenters. The second-order valence-electron chi connectivity index (χ2n) is 4.52. The minimum atomic E-state index is -3.17. The van der Waals surface area contributed by atoms with Gasteiger partial charge in [0.15, 0.2) is 0 Å². The third-order valence-electron chi connectivity index (χ3n) is 2.62. The van der Waals surface area contributed by atoms with Gasteiger partial charge in [0.2, 0.25) is 0 Å². The first-order valence-corrected chi connectivity index (χ1v) is 7.92.